The molecule has 1 aliphatic rings. The molecule has 1 aromatic rings. The number of rotatable bonds is 5. The van der Waals surface area contributed by atoms with E-state index in [4.69, 9.17) is 4.42 Å². The van der Waals surface area contributed by atoms with Gasteiger partial charge in [0, 0.05) is 31.7 Å². The minimum atomic E-state index is 0.241. The Morgan fingerprint density at radius 1 is 1.41 bits per heavy atom. The van der Waals surface area contributed by atoms with Gasteiger partial charge < -0.3 is 9.32 Å². The van der Waals surface area contributed by atoms with Crippen molar-refractivity contribution in [2.24, 2.45) is 0 Å². The summed E-state index contributed by atoms with van der Waals surface area (Å²) < 4.78 is 5.36. The fourth-order valence-electron chi connectivity index (χ4n) is 1.79. The highest BCUT2D eigenvalue weighted by Crippen LogP contribution is 2.18. The average Bonchev–Trinajstić information content (AvgIpc) is 3.00. The fourth-order valence-corrected chi connectivity index (χ4v) is 2.49. The van der Waals surface area contributed by atoms with E-state index in [-0.39, 0.29) is 5.91 Å². The van der Waals surface area contributed by atoms with Crippen LogP contribution in [0.15, 0.2) is 9.64 Å². The van der Waals surface area contributed by atoms with Crippen molar-refractivity contribution in [3.8, 4) is 0 Å². The van der Waals surface area contributed by atoms with Gasteiger partial charge in [-0.25, -0.2) is 0 Å². The zero-order valence-corrected chi connectivity index (χ0v) is 10.8. The van der Waals surface area contributed by atoms with Crippen LogP contribution >= 0.6 is 11.8 Å². The Bertz CT molecular complexity index is 375. The molecule has 0 bridgehead atoms. The Balaban J connectivity index is 1.69. The van der Waals surface area contributed by atoms with E-state index in [1.165, 1.54) is 11.8 Å². The second-order valence-electron chi connectivity index (χ2n) is 4.00. The standard InChI is InChI=1S/C11H17N3O2S/c1-2-9-12-13-11(16-9)17-8-5-10(15)14-6-3-4-7-14/h2-8H2,1H3. The summed E-state index contributed by atoms with van der Waals surface area (Å²) in [5.41, 5.74) is 0. The minimum Gasteiger partial charge on any atom is -0.416 e. The number of hydrogen-bond acceptors (Lipinski definition) is 5. The van der Waals surface area contributed by atoms with Crippen LogP contribution in [0, 0.1) is 0 Å². The Hall–Kier alpha value is -1.04. The van der Waals surface area contributed by atoms with Crippen molar-refractivity contribution < 1.29 is 9.21 Å². The van der Waals surface area contributed by atoms with Crippen LogP contribution in [0.2, 0.25) is 0 Å². The molecule has 0 spiro atoms. The van der Waals surface area contributed by atoms with Crippen LogP contribution in [-0.4, -0.2) is 39.8 Å². The SMILES string of the molecule is CCc1nnc(SCCC(=O)N2CCCC2)o1. The number of aryl methyl sites for hydroxylation is 1. The number of hydrogen-bond donors (Lipinski definition) is 0. The molecule has 1 fully saturated rings. The third-order valence-electron chi connectivity index (χ3n) is 2.75. The lowest BCUT2D eigenvalue weighted by Crippen LogP contribution is -2.27. The summed E-state index contributed by atoms with van der Waals surface area (Å²) in [5.74, 6) is 1.60. The molecule has 1 saturated heterocycles. The molecule has 1 aliphatic heterocycles. The summed E-state index contributed by atoms with van der Waals surface area (Å²) in [7, 11) is 0. The van der Waals surface area contributed by atoms with Crippen LogP contribution in [0.4, 0.5) is 0 Å². The van der Waals surface area contributed by atoms with Crippen LogP contribution in [0.1, 0.15) is 32.1 Å². The molecule has 1 aromatic heterocycles. The maximum Gasteiger partial charge on any atom is 0.276 e. The molecular weight excluding hydrogens is 238 g/mol. The van der Waals surface area contributed by atoms with Gasteiger partial charge in [0.05, 0.1) is 0 Å². The van der Waals surface area contributed by atoms with E-state index in [1.807, 2.05) is 11.8 Å². The first-order valence-corrected chi connectivity index (χ1v) is 7.01. The maximum absolute atomic E-state index is 11.7. The van der Waals surface area contributed by atoms with Gasteiger partial charge in [-0.3, -0.25) is 4.79 Å². The first-order valence-electron chi connectivity index (χ1n) is 6.02. The van der Waals surface area contributed by atoms with Gasteiger partial charge in [0.2, 0.25) is 11.8 Å². The molecule has 0 unspecified atom stereocenters. The van der Waals surface area contributed by atoms with E-state index < -0.39 is 0 Å². The third-order valence-corrected chi connectivity index (χ3v) is 3.57. The lowest BCUT2D eigenvalue weighted by Gasteiger charge is -2.14. The Morgan fingerprint density at radius 3 is 2.82 bits per heavy atom. The smallest absolute Gasteiger partial charge is 0.276 e. The van der Waals surface area contributed by atoms with Gasteiger partial charge in [-0.2, -0.15) is 0 Å². The molecule has 2 rings (SSSR count). The molecule has 0 N–H and O–H groups in total. The van der Waals surface area contributed by atoms with Gasteiger partial charge in [-0.05, 0) is 12.8 Å². The minimum absolute atomic E-state index is 0.241. The summed E-state index contributed by atoms with van der Waals surface area (Å²) in [6.07, 6.45) is 3.58. The van der Waals surface area contributed by atoms with Crippen molar-refractivity contribution in [2.75, 3.05) is 18.8 Å². The quantitative estimate of drug-likeness (QED) is 0.750. The first kappa shape index (κ1) is 12.4. The van der Waals surface area contributed by atoms with E-state index in [9.17, 15) is 4.79 Å². The van der Waals surface area contributed by atoms with Gasteiger partial charge in [-0.1, -0.05) is 18.7 Å². The van der Waals surface area contributed by atoms with E-state index >= 15 is 0 Å². The Kier molecular flexibility index (Phi) is 4.42. The van der Waals surface area contributed by atoms with Crippen LogP contribution in [0.3, 0.4) is 0 Å². The van der Waals surface area contributed by atoms with Gasteiger partial charge in [0.15, 0.2) is 0 Å². The predicted octanol–water partition coefficient (Wildman–Crippen LogP) is 1.74. The Labute approximate surface area is 105 Å². The third kappa shape index (κ3) is 3.46. The maximum atomic E-state index is 11.7. The molecule has 0 radical (unpaired) electrons. The molecule has 5 nitrogen and oxygen atoms in total. The fraction of sp³-hybridized carbons (Fsp3) is 0.727. The molecule has 0 atom stereocenters. The summed E-state index contributed by atoms with van der Waals surface area (Å²) >= 11 is 1.46. The van der Waals surface area contributed by atoms with Gasteiger partial charge in [-0.15, -0.1) is 10.2 Å². The Morgan fingerprint density at radius 2 is 2.18 bits per heavy atom. The molecule has 0 saturated carbocycles. The summed E-state index contributed by atoms with van der Waals surface area (Å²) in [6, 6.07) is 0. The highest BCUT2D eigenvalue weighted by Gasteiger charge is 2.17. The van der Waals surface area contributed by atoms with Gasteiger partial charge in [0.25, 0.3) is 5.22 Å². The summed E-state index contributed by atoms with van der Waals surface area (Å²) in [4.78, 5) is 13.7. The molecular formula is C11H17N3O2S. The second kappa shape index (κ2) is 6.05. The molecule has 94 valence electrons. The number of aromatic nitrogens is 2. The second-order valence-corrected chi connectivity index (χ2v) is 5.05. The van der Waals surface area contributed by atoms with Gasteiger partial charge >= 0.3 is 0 Å². The predicted molar refractivity (Wildman–Crippen MR) is 64.8 cm³/mol. The van der Waals surface area contributed by atoms with Crippen molar-refractivity contribution in [3.63, 3.8) is 0 Å². The van der Waals surface area contributed by atoms with Crippen LogP contribution in [0.5, 0.6) is 0 Å². The lowest BCUT2D eigenvalue weighted by molar-refractivity contribution is -0.129. The zero-order valence-electron chi connectivity index (χ0n) is 10.0. The van der Waals surface area contributed by atoms with Crippen molar-refractivity contribution in [1.82, 2.24) is 15.1 Å². The molecule has 0 aliphatic carbocycles. The van der Waals surface area contributed by atoms with Crippen molar-refractivity contribution >= 4 is 17.7 Å². The largest absolute Gasteiger partial charge is 0.416 e. The molecule has 2 heterocycles. The van der Waals surface area contributed by atoms with Crippen molar-refractivity contribution in [1.29, 1.82) is 0 Å². The van der Waals surface area contributed by atoms with E-state index in [2.05, 4.69) is 10.2 Å². The topological polar surface area (TPSA) is 59.2 Å². The number of nitrogens with zero attached hydrogens (tertiary/aromatic N) is 3. The number of thioether (sulfide) groups is 1. The first-order chi connectivity index (χ1) is 8.29. The van der Waals surface area contributed by atoms with Gasteiger partial charge in [0.1, 0.15) is 0 Å². The number of carbonyl (C=O) groups excluding carboxylic acids is 1. The monoisotopic (exact) mass is 255 g/mol. The highest BCUT2D eigenvalue weighted by atomic mass is 32.2. The van der Waals surface area contributed by atoms with Crippen molar-refractivity contribution in [2.45, 2.75) is 37.8 Å². The van der Waals surface area contributed by atoms with Crippen molar-refractivity contribution in [3.05, 3.63) is 5.89 Å². The average molecular weight is 255 g/mol. The van der Waals surface area contributed by atoms with Crippen LogP contribution in [0.25, 0.3) is 0 Å². The summed E-state index contributed by atoms with van der Waals surface area (Å²) in [6.45, 7) is 3.81. The number of carbonyl (C=O) groups is 1. The molecule has 17 heavy (non-hydrogen) atoms. The van der Waals surface area contributed by atoms with E-state index in [0.29, 0.717) is 23.3 Å². The van der Waals surface area contributed by atoms with E-state index in [0.717, 1.165) is 32.4 Å². The lowest BCUT2D eigenvalue weighted by atomic mass is 10.4. The summed E-state index contributed by atoms with van der Waals surface area (Å²) in [5, 5.41) is 8.35. The normalized spacial score (nSPS) is 15.5. The number of likely N-dealkylation sites (tertiary alicyclic amines) is 1. The van der Waals surface area contributed by atoms with Crippen LogP contribution in [-0.2, 0) is 11.2 Å². The highest BCUT2D eigenvalue weighted by molar-refractivity contribution is 7.99. The molecule has 0 aromatic carbocycles. The number of amides is 1. The molecule has 6 heteroatoms. The van der Waals surface area contributed by atoms with E-state index in [1.54, 1.807) is 0 Å². The van der Waals surface area contributed by atoms with Crippen LogP contribution < -0.4 is 0 Å². The zero-order chi connectivity index (χ0) is 12.1. The molecule has 1 amide bonds.